The van der Waals surface area contributed by atoms with E-state index in [1.54, 1.807) is 19.2 Å². The number of nitrogens with one attached hydrogen (secondary N) is 1. The molecule has 0 saturated carbocycles. The van der Waals surface area contributed by atoms with E-state index in [-0.39, 0.29) is 5.75 Å². The third-order valence-corrected chi connectivity index (χ3v) is 2.60. The van der Waals surface area contributed by atoms with Crippen LogP contribution >= 0.6 is 0 Å². The van der Waals surface area contributed by atoms with Gasteiger partial charge in [-0.15, -0.1) is 0 Å². The number of fused-ring (bicyclic) bond motifs is 1. The van der Waals surface area contributed by atoms with Crippen molar-refractivity contribution in [3.05, 3.63) is 47.9 Å². The maximum Gasteiger partial charge on any atom is 0.232 e. The molecule has 96 valence electrons. The van der Waals surface area contributed by atoms with E-state index in [9.17, 15) is 8.78 Å². The van der Waals surface area contributed by atoms with Crippen molar-refractivity contribution in [2.45, 2.75) is 6.92 Å². The normalized spacial score (nSPS) is 10.9. The highest BCUT2D eigenvalue weighted by Gasteiger charge is 2.10. The average Bonchev–Trinajstić information content (AvgIpc) is 2.82. The van der Waals surface area contributed by atoms with Crippen molar-refractivity contribution in [3.63, 3.8) is 0 Å². The predicted octanol–water partition coefficient (Wildman–Crippen LogP) is 3.34. The van der Waals surface area contributed by atoms with Gasteiger partial charge >= 0.3 is 0 Å². The maximum absolute atomic E-state index is 13.1. The van der Waals surface area contributed by atoms with Gasteiger partial charge in [0.1, 0.15) is 17.2 Å². The summed E-state index contributed by atoms with van der Waals surface area (Å²) in [7, 11) is 0. The number of halogens is 2. The first kappa shape index (κ1) is 11.6. The van der Waals surface area contributed by atoms with Crippen LogP contribution < -0.4 is 4.74 Å². The van der Waals surface area contributed by atoms with Crippen LogP contribution in [0.2, 0.25) is 0 Å². The zero-order chi connectivity index (χ0) is 13.4. The van der Waals surface area contributed by atoms with E-state index in [0.29, 0.717) is 22.7 Å². The Bertz CT molecular complexity index is 755. The Morgan fingerprint density at radius 3 is 2.74 bits per heavy atom. The molecule has 3 aromatic rings. The Labute approximate surface area is 107 Å². The molecule has 0 atom stereocenters. The van der Waals surface area contributed by atoms with Crippen LogP contribution in [0.5, 0.6) is 11.6 Å². The molecule has 0 aliphatic carbocycles. The number of aryl methyl sites for hydroxylation is 1. The lowest BCUT2D eigenvalue weighted by Crippen LogP contribution is -1.95. The summed E-state index contributed by atoms with van der Waals surface area (Å²) in [6.07, 6.45) is 1.71. The summed E-state index contributed by atoms with van der Waals surface area (Å²) in [6, 6.07) is 5.08. The molecule has 19 heavy (non-hydrogen) atoms. The fourth-order valence-electron chi connectivity index (χ4n) is 1.75. The monoisotopic (exact) mass is 261 g/mol. The largest absolute Gasteiger partial charge is 0.438 e. The first-order valence-electron chi connectivity index (χ1n) is 5.58. The average molecular weight is 261 g/mol. The Morgan fingerprint density at radius 1 is 1.11 bits per heavy atom. The molecule has 0 aliphatic rings. The van der Waals surface area contributed by atoms with Crippen LogP contribution in [0.3, 0.4) is 0 Å². The summed E-state index contributed by atoms with van der Waals surface area (Å²) < 4.78 is 31.5. The first-order chi connectivity index (χ1) is 9.13. The van der Waals surface area contributed by atoms with Crippen molar-refractivity contribution in [2.75, 3.05) is 0 Å². The molecule has 0 bridgehead atoms. The number of rotatable bonds is 2. The molecule has 6 heteroatoms. The number of benzene rings is 1. The van der Waals surface area contributed by atoms with Crippen molar-refractivity contribution in [1.29, 1.82) is 0 Å². The van der Waals surface area contributed by atoms with Crippen molar-refractivity contribution < 1.29 is 13.5 Å². The first-order valence-corrected chi connectivity index (χ1v) is 5.58. The van der Waals surface area contributed by atoms with Gasteiger partial charge in [0.15, 0.2) is 11.6 Å². The fraction of sp³-hybridized carbons (Fsp3) is 0.0769. The quantitative estimate of drug-likeness (QED) is 0.769. The van der Waals surface area contributed by atoms with Gasteiger partial charge in [-0.05, 0) is 25.1 Å². The summed E-state index contributed by atoms with van der Waals surface area (Å²) in [5, 5.41) is 0.676. The van der Waals surface area contributed by atoms with Crippen LogP contribution in [0.15, 0.2) is 30.5 Å². The van der Waals surface area contributed by atoms with Gasteiger partial charge in [-0.2, -0.15) is 4.98 Å². The van der Waals surface area contributed by atoms with Gasteiger partial charge < -0.3 is 9.72 Å². The van der Waals surface area contributed by atoms with E-state index in [0.717, 1.165) is 12.1 Å². The molecule has 0 radical (unpaired) electrons. The summed E-state index contributed by atoms with van der Waals surface area (Å²) in [4.78, 5) is 11.3. The van der Waals surface area contributed by atoms with E-state index in [1.165, 1.54) is 6.07 Å². The molecule has 2 aromatic heterocycles. The lowest BCUT2D eigenvalue weighted by molar-refractivity contribution is 0.450. The molecular weight excluding hydrogens is 252 g/mol. The lowest BCUT2D eigenvalue weighted by Gasteiger charge is -2.06. The minimum absolute atomic E-state index is 0.180. The number of H-pyrrole nitrogens is 1. The van der Waals surface area contributed by atoms with Gasteiger partial charge in [-0.3, -0.25) is 0 Å². The van der Waals surface area contributed by atoms with Crippen LogP contribution in [0.4, 0.5) is 8.78 Å². The Balaban J connectivity index is 2.04. The third-order valence-electron chi connectivity index (χ3n) is 2.60. The summed E-state index contributed by atoms with van der Waals surface area (Å²) in [5.74, 6) is -0.881. The molecule has 0 saturated heterocycles. The molecule has 0 spiro atoms. The van der Waals surface area contributed by atoms with Crippen molar-refractivity contribution >= 4 is 11.0 Å². The second-order valence-corrected chi connectivity index (χ2v) is 3.99. The van der Waals surface area contributed by atoms with Crippen molar-refractivity contribution in [2.24, 2.45) is 0 Å². The number of aromatic amines is 1. The number of aromatic nitrogens is 3. The van der Waals surface area contributed by atoms with Crippen LogP contribution in [0, 0.1) is 18.6 Å². The summed E-state index contributed by atoms with van der Waals surface area (Å²) in [5.41, 5.74) is 0.630. The third kappa shape index (κ3) is 2.12. The van der Waals surface area contributed by atoms with Crippen LogP contribution in [0.1, 0.15) is 5.82 Å². The zero-order valence-electron chi connectivity index (χ0n) is 9.95. The number of hydrogen-bond donors (Lipinski definition) is 1. The molecule has 0 fully saturated rings. The Kier molecular flexibility index (Phi) is 2.63. The molecular formula is C13H9F2N3O. The van der Waals surface area contributed by atoms with E-state index < -0.39 is 11.6 Å². The van der Waals surface area contributed by atoms with E-state index in [2.05, 4.69) is 15.0 Å². The van der Waals surface area contributed by atoms with Gasteiger partial charge in [0.2, 0.25) is 5.88 Å². The second-order valence-electron chi connectivity index (χ2n) is 3.99. The van der Waals surface area contributed by atoms with Gasteiger partial charge in [0.25, 0.3) is 0 Å². The van der Waals surface area contributed by atoms with Crippen LogP contribution in [-0.2, 0) is 0 Å². The van der Waals surface area contributed by atoms with E-state index in [1.807, 2.05) is 0 Å². The topological polar surface area (TPSA) is 50.8 Å². The predicted molar refractivity (Wildman–Crippen MR) is 65.1 cm³/mol. The van der Waals surface area contributed by atoms with Crippen LogP contribution in [0.25, 0.3) is 11.0 Å². The zero-order valence-corrected chi connectivity index (χ0v) is 9.95. The Morgan fingerprint density at radius 2 is 1.95 bits per heavy atom. The SMILES string of the molecule is Cc1nc(Oc2ccc(F)c(F)c2)c2cc[nH]c2n1. The van der Waals surface area contributed by atoms with Gasteiger partial charge in [-0.25, -0.2) is 13.8 Å². The Hall–Kier alpha value is -2.50. The molecule has 4 nitrogen and oxygen atoms in total. The van der Waals surface area contributed by atoms with E-state index in [4.69, 9.17) is 4.74 Å². The van der Waals surface area contributed by atoms with Gasteiger partial charge in [0.05, 0.1) is 5.39 Å². The molecule has 3 rings (SSSR count). The number of hydrogen-bond acceptors (Lipinski definition) is 3. The fourth-order valence-corrected chi connectivity index (χ4v) is 1.75. The highest BCUT2D eigenvalue weighted by molar-refractivity contribution is 5.81. The number of ether oxygens (including phenoxy) is 1. The highest BCUT2D eigenvalue weighted by Crippen LogP contribution is 2.27. The minimum Gasteiger partial charge on any atom is -0.438 e. The highest BCUT2D eigenvalue weighted by atomic mass is 19.2. The smallest absolute Gasteiger partial charge is 0.232 e. The minimum atomic E-state index is -0.964. The number of nitrogens with zero attached hydrogens (tertiary/aromatic N) is 2. The molecule has 1 aromatic carbocycles. The van der Waals surface area contributed by atoms with Crippen molar-refractivity contribution in [3.8, 4) is 11.6 Å². The second kappa shape index (κ2) is 4.31. The standard InChI is InChI=1S/C13H9F2N3O/c1-7-17-12-9(4-5-16-12)13(18-7)19-8-2-3-10(14)11(15)6-8/h2-6H,1H3,(H,16,17,18). The molecule has 2 heterocycles. The van der Waals surface area contributed by atoms with E-state index >= 15 is 0 Å². The van der Waals surface area contributed by atoms with Gasteiger partial charge in [-0.1, -0.05) is 0 Å². The molecule has 0 aliphatic heterocycles. The van der Waals surface area contributed by atoms with Crippen LogP contribution in [-0.4, -0.2) is 15.0 Å². The van der Waals surface area contributed by atoms with Gasteiger partial charge in [0, 0.05) is 12.3 Å². The lowest BCUT2D eigenvalue weighted by atomic mass is 10.3. The molecule has 0 amide bonds. The van der Waals surface area contributed by atoms with Crippen molar-refractivity contribution in [1.82, 2.24) is 15.0 Å². The summed E-state index contributed by atoms with van der Waals surface area (Å²) >= 11 is 0. The summed E-state index contributed by atoms with van der Waals surface area (Å²) in [6.45, 7) is 1.72. The maximum atomic E-state index is 13.1. The molecule has 1 N–H and O–H groups in total. The molecule has 0 unspecified atom stereocenters.